The van der Waals surface area contributed by atoms with Crippen molar-refractivity contribution in [3.63, 3.8) is 0 Å². The van der Waals surface area contributed by atoms with Gasteiger partial charge in [-0.05, 0) is 43.2 Å². The molecule has 5 nitrogen and oxygen atoms in total. The number of hydrogen-bond donors (Lipinski definition) is 1. The number of anilines is 1. The summed E-state index contributed by atoms with van der Waals surface area (Å²) in [7, 11) is 1.58. The van der Waals surface area contributed by atoms with Gasteiger partial charge in [0.15, 0.2) is 0 Å². The van der Waals surface area contributed by atoms with Crippen molar-refractivity contribution in [2.75, 3.05) is 12.0 Å². The van der Waals surface area contributed by atoms with Crippen molar-refractivity contribution in [1.29, 1.82) is 0 Å². The number of methoxy groups -OCH3 is 1. The van der Waals surface area contributed by atoms with Crippen molar-refractivity contribution < 1.29 is 19.4 Å². The number of carbonyl (C=O) groups excluding carboxylic acids is 2. The average molecular weight is 413 g/mol. The van der Waals surface area contributed by atoms with E-state index in [1.165, 1.54) is 4.90 Å². The second-order valence-corrected chi connectivity index (χ2v) is 7.59. The van der Waals surface area contributed by atoms with E-state index in [0.717, 1.165) is 11.1 Å². The van der Waals surface area contributed by atoms with Crippen LogP contribution in [0.25, 0.3) is 5.76 Å². The van der Waals surface area contributed by atoms with E-state index < -0.39 is 17.7 Å². The molecule has 4 rings (SSSR count). The molecule has 0 spiro atoms. The predicted octanol–water partition coefficient (Wildman–Crippen LogP) is 4.94. The highest BCUT2D eigenvalue weighted by atomic mass is 16.5. The number of ketones is 1. The van der Waals surface area contributed by atoms with Gasteiger partial charge in [0.1, 0.15) is 11.5 Å². The van der Waals surface area contributed by atoms with Gasteiger partial charge in [0, 0.05) is 11.3 Å². The molecule has 3 aromatic rings. The lowest BCUT2D eigenvalue weighted by Gasteiger charge is -2.27. The molecule has 1 saturated heterocycles. The average Bonchev–Trinajstić information content (AvgIpc) is 3.05. The first-order valence-corrected chi connectivity index (χ1v) is 10.00. The Morgan fingerprint density at radius 2 is 1.55 bits per heavy atom. The molecule has 1 aliphatic heterocycles. The monoisotopic (exact) mass is 413 g/mol. The van der Waals surface area contributed by atoms with Gasteiger partial charge >= 0.3 is 0 Å². The Bertz CT molecular complexity index is 1180. The summed E-state index contributed by atoms with van der Waals surface area (Å²) >= 11 is 0. The fraction of sp³-hybridized carbons (Fsp3) is 0.154. The number of rotatable bonds is 4. The summed E-state index contributed by atoms with van der Waals surface area (Å²) in [5.41, 5.74) is 3.79. The van der Waals surface area contributed by atoms with Gasteiger partial charge < -0.3 is 9.84 Å². The number of aryl methyl sites for hydroxylation is 2. The summed E-state index contributed by atoms with van der Waals surface area (Å²) in [5.74, 6) is -0.892. The predicted molar refractivity (Wildman–Crippen MR) is 120 cm³/mol. The molecule has 1 amide bonds. The van der Waals surface area contributed by atoms with E-state index in [-0.39, 0.29) is 11.3 Å². The standard InChI is InChI=1S/C26H23NO4/c1-16-8-10-19(11-9-16)24(28)22-23(18-12-14-20(31-3)15-13-18)27(26(30)25(22)29)21-7-5-4-6-17(21)2/h4-15,23,28H,1-3H3/b24-22+. The summed E-state index contributed by atoms with van der Waals surface area (Å²) in [6, 6.07) is 21.0. The second kappa shape index (κ2) is 8.11. The molecule has 1 atom stereocenters. The third kappa shape index (κ3) is 3.59. The molecule has 5 heteroatoms. The summed E-state index contributed by atoms with van der Waals surface area (Å²) in [6.45, 7) is 3.83. The van der Waals surface area contributed by atoms with Crippen molar-refractivity contribution in [2.45, 2.75) is 19.9 Å². The van der Waals surface area contributed by atoms with Crippen LogP contribution < -0.4 is 9.64 Å². The third-order valence-corrected chi connectivity index (χ3v) is 5.58. The normalized spacial score (nSPS) is 17.8. The molecule has 0 aromatic heterocycles. The van der Waals surface area contributed by atoms with Crippen molar-refractivity contribution in [3.05, 3.63) is 101 Å². The van der Waals surface area contributed by atoms with Gasteiger partial charge in [0.25, 0.3) is 11.7 Å². The van der Waals surface area contributed by atoms with Crippen LogP contribution >= 0.6 is 0 Å². The number of Topliss-reactive ketones (excluding diaryl/α,β-unsaturated/α-hetero) is 1. The third-order valence-electron chi connectivity index (χ3n) is 5.58. The second-order valence-electron chi connectivity index (χ2n) is 7.59. The Balaban J connectivity index is 1.95. The van der Waals surface area contributed by atoms with E-state index in [0.29, 0.717) is 22.6 Å². The molecule has 1 unspecified atom stereocenters. The minimum Gasteiger partial charge on any atom is -0.507 e. The fourth-order valence-corrected chi connectivity index (χ4v) is 3.88. The molecule has 1 aliphatic rings. The van der Waals surface area contributed by atoms with Crippen LogP contribution in [0.1, 0.15) is 28.3 Å². The molecule has 156 valence electrons. The maximum absolute atomic E-state index is 13.2. The number of benzene rings is 3. The molecule has 0 aliphatic carbocycles. The first kappa shape index (κ1) is 20.4. The molecule has 0 bridgehead atoms. The van der Waals surface area contributed by atoms with Gasteiger partial charge in [-0.15, -0.1) is 0 Å². The number of aliphatic hydroxyl groups is 1. The molecule has 3 aromatic carbocycles. The molecule has 0 radical (unpaired) electrons. The zero-order chi connectivity index (χ0) is 22.1. The van der Waals surface area contributed by atoms with Crippen molar-refractivity contribution >= 4 is 23.1 Å². The number of ether oxygens (including phenoxy) is 1. The van der Waals surface area contributed by atoms with Crippen LogP contribution in [0.2, 0.25) is 0 Å². The number of hydrogen-bond acceptors (Lipinski definition) is 4. The maximum atomic E-state index is 13.2. The lowest BCUT2D eigenvalue weighted by molar-refractivity contribution is -0.132. The molecule has 1 heterocycles. The zero-order valence-electron chi connectivity index (χ0n) is 17.6. The lowest BCUT2D eigenvalue weighted by Crippen LogP contribution is -2.30. The van der Waals surface area contributed by atoms with E-state index in [1.807, 2.05) is 62.4 Å². The van der Waals surface area contributed by atoms with Crippen LogP contribution in [0.15, 0.2) is 78.4 Å². The summed E-state index contributed by atoms with van der Waals surface area (Å²) in [4.78, 5) is 27.8. The first-order valence-electron chi connectivity index (χ1n) is 10.00. The first-order chi connectivity index (χ1) is 14.9. The highest BCUT2D eigenvalue weighted by Gasteiger charge is 2.47. The van der Waals surface area contributed by atoms with Crippen LogP contribution in [0, 0.1) is 13.8 Å². The van der Waals surface area contributed by atoms with Gasteiger partial charge in [-0.1, -0.05) is 60.2 Å². The van der Waals surface area contributed by atoms with Gasteiger partial charge in [-0.3, -0.25) is 14.5 Å². The summed E-state index contributed by atoms with van der Waals surface area (Å²) < 4.78 is 5.25. The van der Waals surface area contributed by atoms with Crippen molar-refractivity contribution in [2.24, 2.45) is 0 Å². The molecule has 0 saturated carbocycles. The SMILES string of the molecule is COc1ccc(C2/C(=C(\O)c3ccc(C)cc3)C(=O)C(=O)N2c2ccccc2C)cc1. The van der Waals surface area contributed by atoms with Crippen LogP contribution in [0.5, 0.6) is 5.75 Å². The Kier molecular flexibility index (Phi) is 5.34. The Labute approximate surface area is 181 Å². The number of carbonyl (C=O) groups is 2. The van der Waals surface area contributed by atoms with Crippen LogP contribution in [-0.4, -0.2) is 23.9 Å². The molecule has 1 fully saturated rings. The van der Waals surface area contributed by atoms with Crippen molar-refractivity contribution in [1.82, 2.24) is 0 Å². The lowest BCUT2D eigenvalue weighted by atomic mass is 9.94. The number of para-hydroxylation sites is 1. The maximum Gasteiger partial charge on any atom is 0.300 e. The van der Waals surface area contributed by atoms with Gasteiger partial charge in [0.05, 0.1) is 18.7 Å². The number of nitrogens with zero attached hydrogens (tertiary/aromatic N) is 1. The molecular formula is C26H23NO4. The topological polar surface area (TPSA) is 66.8 Å². The van der Waals surface area contributed by atoms with Gasteiger partial charge in [-0.25, -0.2) is 0 Å². The van der Waals surface area contributed by atoms with Crippen LogP contribution in [-0.2, 0) is 9.59 Å². The summed E-state index contributed by atoms with van der Waals surface area (Å²) in [5, 5.41) is 11.1. The van der Waals surface area contributed by atoms with Crippen LogP contribution in [0.3, 0.4) is 0 Å². The smallest absolute Gasteiger partial charge is 0.300 e. The van der Waals surface area contributed by atoms with Gasteiger partial charge in [0.2, 0.25) is 0 Å². The Hall–Kier alpha value is -3.86. The van der Waals surface area contributed by atoms with E-state index in [4.69, 9.17) is 4.74 Å². The molecule has 31 heavy (non-hydrogen) atoms. The quantitative estimate of drug-likeness (QED) is 0.374. The zero-order valence-corrected chi connectivity index (χ0v) is 17.6. The minimum atomic E-state index is -0.756. The van der Waals surface area contributed by atoms with Gasteiger partial charge in [-0.2, -0.15) is 0 Å². The largest absolute Gasteiger partial charge is 0.507 e. The van der Waals surface area contributed by atoms with E-state index in [1.54, 1.807) is 31.4 Å². The summed E-state index contributed by atoms with van der Waals surface area (Å²) in [6.07, 6.45) is 0. The Morgan fingerprint density at radius 3 is 2.16 bits per heavy atom. The molecular weight excluding hydrogens is 390 g/mol. The number of amides is 1. The fourth-order valence-electron chi connectivity index (χ4n) is 3.88. The highest BCUT2D eigenvalue weighted by molar-refractivity contribution is 6.51. The van der Waals surface area contributed by atoms with Crippen LogP contribution in [0.4, 0.5) is 5.69 Å². The van der Waals surface area contributed by atoms with Crippen molar-refractivity contribution in [3.8, 4) is 5.75 Å². The highest BCUT2D eigenvalue weighted by Crippen LogP contribution is 2.43. The Morgan fingerprint density at radius 1 is 0.903 bits per heavy atom. The molecule has 1 N–H and O–H groups in total. The van der Waals surface area contributed by atoms with E-state index >= 15 is 0 Å². The van der Waals surface area contributed by atoms with E-state index in [9.17, 15) is 14.7 Å². The minimum absolute atomic E-state index is 0.0715. The van der Waals surface area contributed by atoms with E-state index in [2.05, 4.69) is 0 Å². The number of aliphatic hydroxyl groups excluding tert-OH is 1.